The van der Waals surface area contributed by atoms with Crippen LogP contribution in [0.25, 0.3) is 0 Å². The van der Waals surface area contributed by atoms with Gasteiger partial charge in [0.25, 0.3) is 0 Å². The van der Waals surface area contributed by atoms with Crippen molar-refractivity contribution in [3.8, 4) is 5.75 Å². The first-order chi connectivity index (χ1) is 9.37. The second kappa shape index (κ2) is 4.95. The van der Waals surface area contributed by atoms with E-state index in [1.807, 2.05) is 11.0 Å². The molecule has 1 heterocycles. The van der Waals surface area contributed by atoms with Crippen LogP contribution in [0, 0.1) is 0 Å². The predicted octanol–water partition coefficient (Wildman–Crippen LogP) is 0.896. The van der Waals surface area contributed by atoms with Crippen LogP contribution in [0.15, 0.2) is 24.3 Å². The van der Waals surface area contributed by atoms with Crippen LogP contribution in [-0.4, -0.2) is 44.1 Å². The lowest BCUT2D eigenvalue weighted by molar-refractivity contribution is 0.204. The van der Waals surface area contributed by atoms with Gasteiger partial charge in [0.15, 0.2) is 0 Å². The van der Waals surface area contributed by atoms with E-state index in [9.17, 15) is 4.79 Å². The predicted molar refractivity (Wildman–Crippen MR) is 66.4 cm³/mol. The average molecular weight is 238 g/mol. The molecule has 1 saturated heterocycles. The number of benzene rings is 1. The molecule has 1 aromatic rings. The highest BCUT2D eigenvalue weighted by Gasteiger charge is 2.20. The molecule has 1 fully saturated rings. The number of methoxy groups -OCH3 is 1. The van der Waals surface area contributed by atoms with Crippen molar-refractivity contribution in [2.75, 3.05) is 38.1 Å². The molecule has 0 aromatic heterocycles. The fourth-order valence-corrected chi connectivity index (χ4v) is 1.97. The molecule has 5 heteroatoms. The Kier molecular flexibility index (Phi) is 2.39. The Balaban J connectivity index is 2.12. The van der Waals surface area contributed by atoms with Crippen LogP contribution in [0.5, 0.6) is 5.75 Å². The molecular formula is C12H17N3O2. The molecule has 0 atom stereocenters. The number of primary amides is 1. The molecule has 0 unspecified atom stereocenters. The molecule has 1 aromatic carbocycles. The van der Waals surface area contributed by atoms with Crippen LogP contribution < -0.4 is 15.4 Å². The van der Waals surface area contributed by atoms with Gasteiger partial charge in [0.05, 0.1) is 16.8 Å². The molecule has 5 nitrogen and oxygen atoms in total. The van der Waals surface area contributed by atoms with E-state index in [0.717, 1.165) is 0 Å². The Morgan fingerprint density at radius 2 is 2.06 bits per heavy atom. The molecule has 0 aliphatic carbocycles. The van der Waals surface area contributed by atoms with Crippen molar-refractivity contribution in [3.63, 3.8) is 0 Å². The Hall–Kier alpha value is -1.91. The summed E-state index contributed by atoms with van der Waals surface area (Å²) in [5.41, 5.74) is 5.95. The molecule has 2 amide bonds. The quantitative estimate of drug-likeness (QED) is 0.832. The van der Waals surface area contributed by atoms with E-state index in [-0.39, 0.29) is 0 Å². The smallest absolute Gasteiger partial charge is 0.314 e. The molecule has 0 spiro atoms. The minimum atomic E-state index is -2.48. The standard InChI is InChI=1S/C12H17N3O2/c1-17-11-5-3-2-4-10(11)14-6-8-15(9-7-14)12(13)16/h2-5H,6-9H2,1H3,(H2,13,16)/i1D3. The summed E-state index contributed by atoms with van der Waals surface area (Å²) >= 11 is 0. The van der Waals surface area contributed by atoms with E-state index in [4.69, 9.17) is 14.6 Å². The second-order valence-electron chi connectivity index (χ2n) is 3.88. The highest BCUT2D eigenvalue weighted by molar-refractivity contribution is 5.72. The summed E-state index contributed by atoms with van der Waals surface area (Å²) in [6.07, 6.45) is 0. The highest BCUT2D eigenvalue weighted by atomic mass is 16.5. The minimum absolute atomic E-state index is 0.319. The Bertz CT molecular complexity index is 485. The number of para-hydroxylation sites is 2. The Morgan fingerprint density at radius 3 is 2.71 bits per heavy atom. The van der Waals surface area contributed by atoms with Gasteiger partial charge in [0.2, 0.25) is 0 Å². The molecule has 0 saturated carbocycles. The second-order valence-corrected chi connectivity index (χ2v) is 3.88. The summed E-state index contributed by atoms with van der Waals surface area (Å²) in [6.45, 7) is 2.20. The molecule has 92 valence electrons. The van der Waals surface area contributed by atoms with Crippen LogP contribution >= 0.6 is 0 Å². The fraction of sp³-hybridized carbons (Fsp3) is 0.417. The number of amides is 2. The fourth-order valence-electron chi connectivity index (χ4n) is 1.97. The van der Waals surface area contributed by atoms with Gasteiger partial charge >= 0.3 is 6.03 Å². The highest BCUT2D eigenvalue weighted by Crippen LogP contribution is 2.28. The number of carbonyl (C=O) groups excluding carboxylic acids is 1. The van der Waals surface area contributed by atoms with E-state index >= 15 is 0 Å². The van der Waals surface area contributed by atoms with Crippen LogP contribution in [0.3, 0.4) is 0 Å². The lowest BCUT2D eigenvalue weighted by Gasteiger charge is -2.35. The van der Waals surface area contributed by atoms with E-state index in [1.54, 1.807) is 23.1 Å². The maximum Gasteiger partial charge on any atom is 0.314 e. The number of hydrogen-bond acceptors (Lipinski definition) is 3. The summed E-state index contributed by atoms with van der Waals surface area (Å²) in [6, 6.07) is 6.55. The van der Waals surface area contributed by atoms with Crippen molar-refractivity contribution < 1.29 is 13.6 Å². The molecule has 0 radical (unpaired) electrons. The topological polar surface area (TPSA) is 58.8 Å². The van der Waals surface area contributed by atoms with Gasteiger partial charge in [-0.1, -0.05) is 12.1 Å². The van der Waals surface area contributed by atoms with Gasteiger partial charge < -0.3 is 20.3 Å². The summed E-state index contributed by atoms with van der Waals surface area (Å²) in [7, 11) is -2.48. The van der Waals surface area contributed by atoms with Gasteiger partial charge in [-0.2, -0.15) is 0 Å². The zero-order valence-electron chi connectivity index (χ0n) is 12.4. The first kappa shape index (κ1) is 8.22. The molecular weight excluding hydrogens is 218 g/mol. The number of ether oxygens (including phenoxy) is 1. The lowest BCUT2D eigenvalue weighted by Crippen LogP contribution is -2.50. The maximum absolute atomic E-state index is 11.1. The van der Waals surface area contributed by atoms with Gasteiger partial charge in [-0.3, -0.25) is 0 Å². The van der Waals surface area contributed by atoms with Crippen LogP contribution in [0.4, 0.5) is 10.5 Å². The number of hydrogen-bond donors (Lipinski definition) is 1. The van der Waals surface area contributed by atoms with Crippen LogP contribution in [0.2, 0.25) is 0 Å². The molecule has 2 rings (SSSR count). The lowest BCUT2D eigenvalue weighted by atomic mass is 10.2. The first-order valence-corrected chi connectivity index (χ1v) is 5.44. The molecule has 17 heavy (non-hydrogen) atoms. The molecule has 0 bridgehead atoms. The summed E-state index contributed by atoms with van der Waals surface area (Å²) < 4.78 is 26.6. The Morgan fingerprint density at radius 1 is 1.35 bits per heavy atom. The molecule has 1 aliphatic rings. The van der Waals surface area contributed by atoms with Crippen LogP contribution in [0.1, 0.15) is 4.11 Å². The van der Waals surface area contributed by atoms with Crippen molar-refractivity contribution in [1.29, 1.82) is 0 Å². The first-order valence-electron chi connectivity index (χ1n) is 6.94. The van der Waals surface area contributed by atoms with Gasteiger partial charge in [0, 0.05) is 26.2 Å². The van der Waals surface area contributed by atoms with E-state index < -0.39 is 13.1 Å². The van der Waals surface area contributed by atoms with Crippen molar-refractivity contribution in [2.24, 2.45) is 5.73 Å². The number of urea groups is 1. The van der Waals surface area contributed by atoms with Gasteiger partial charge in [-0.25, -0.2) is 4.79 Å². The minimum Gasteiger partial charge on any atom is -0.495 e. The number of nitrogens with two attached hydrogens (primary N) is 1. The maximum atomic E-state index is 11.1. The van der Waals surface area contributed by atoms with Gasteiger partial charge in [-0.15, -0.1) is 0 Å². The van der Waals surface area contributed by atoms with Crippen molar-refractivity contribution in [2.45, 2.75) is 0 Å². The third kappa shape index (κ3) is 2.43. The van der Waals surface area contributed by atoms with Gasteiger partial charge in [0.1, 0.15) is 5.75 Å². The largest absolute Gasteiger partial charge is 0.495 e. The van der Waals surface area contributed by atoms with Crippen molar-refractivity contribution in [1.82, 2.24) is 4.90 Å². The number of nitrogens with zero attached hydrogens (tertiary/aromatic N) is 2. The monoisotopic (exact) mass is 238 g/mol. The third-order valence-electron chi connectivity index (χ3n) is 2.91. The summed E-state index contributed by atoms with van der Waals surface area (Å²) in [5, 5.41) is 0. The van der Waals surface area contributed by atoms with E-state index in [2.05, 4.69) is 0 Å². The number of carbonyl (C=O) groups is 1. The van der Waals surface area contributed by atoms with E-state index in [1.165, 1.54) is 0 Å². The number of anilines is 1. The SMILES string of the molecule is [2H]C([2H])([2H])Oc1ccccc1N1CCN(C(N)=O)CC1. The van der Waals surface area contributed by atoms with E-state index in [0.29, 0.717) is 37.6 Å². The third-order valence-corrected chi connectivity index (χ3v) is 2.91. The zero-order valence-corrected chi connectivity index (χ0v) is 9.43. The van der Waals surface area contributed by atoms with Gasteiger partial charge in [-0.05, 0) is 12.1 Å². The number of rotatable bonds is 2. The van der Waals surface area contributed by atoms with Crippen LogP contribution in [-0.2, 0) is 0 Å². The summed E-state index contributed by atoms with van der Waals surface area (Å²) in [5.74, 6) is 0.319. The number of piperazine rings is 1. The Labute approximate surface area is 105 Å². The van der Waals surface area contributed by atoms with Crippen molar-refractivity contribution in [3.05, 3.63) is 24.3 Å². The van der Waals surface area contributed by atoms with Crippen molar-refractivity contribution >= 4 is 11.7 Å². The normalized spacial score (nSPS) is 19.2. The zero-order chi connectivity index (χ0) is 14.8. The molecule has 2 N–H and O–H groups in total. The summed E-state index contributed by atoms with van der Waals surface area (Å²) in [4.78, 5) is 14.6. The molecule has 1 aliphatic heterocycles. The average Bonchev–Trinajstić information content (AvgIpc) is 2.37.